The largest absolute Gasteiger partial charge is 0.378 e. The lowest BCUT2D eigenvalue weighted by atomic mass is 10.2. The molecule has 2 aromatic rings. The van der Waals surface area contributed by atoms with Crippen LogP contribution in [0.3, 0.4) is 0 Å². The van der Waals surface area contributed by atoms with E-state index in [-0.39, 0.29) is 5.69 Å². The fourth-order valence-corrected chi connectivity index (χ4v) is 1.69. The summed E-state index contributed by atoms with van der Waals surface area (Å²) in [6.45, 7) is 1.60. The Kier molecular flexibility index (Phi) is 5.03. The molecule has 8 heteroatoms. The zero-order chi connectivity index (χ0) is 14.4. The Morgan fingerprint density at radius 3 is 2.70 bits per heavy atom. The van der Waals surface area contributed by atoms with Crippen LogP contribution < -0.4 is 0 Å². The quantitative estimate of drug-likeness (QED) is 0.338. The molecular weight excluding hydrogens is 284 g/mol. The molecule has 0 fully saturated rings. The number of hydrogen-bond donors (Lipinski definition) is 0. The number of benzene rings is 1. The lowest BCUT2D eigenvalue weighted by Crippen LogP contribution is -2.07. The summed E-state index contributed by atoms with van der Waals surface area (Å²) in [5.41, 5.74) is 0.777. The van der Waals surface area contributed by atoms with Gasteiger partial charge >= 0.3 is 0 Å². The summed E-state index contributed by atoms with van der Waals surface area (Å²) in [7, 11) is 0. The Labute approximate surface area is 120 Å². The van der Waals surface area contributed by atoms with E-state index in [4.69, 9.17) is 16.3 Å². The van der Waals surface area contributed by atoms with Gasteiger partial charge in [-0.3, -0.25) is 14.8 Å². The van der Waals surface area contributed by atoms with Crippen LogP contribution in [0.2, 0.25) is 0 Å². The SMILES string of the molecule is O=[N+]([O-])c1ccc(-c2ncn(CCOCCCl)n2)cc1. The van der Waals surface area contributed by atoms with Gasteiger partial charge in [-0.1, -0.05) is 0 Å². The van der Waals surface area contributed by atoms with Gasteiger partial charge in [0.2, 0.25) is 0 Å². The van der Waals surface area contributed by atoms with Gasteiger partial charge in [-0.05, 0) is 12.1 Å². The number of nitro benzene ring substituents is 1. The second-order valence-electron chi connectivity index (χ2n) is 3.94. The van der Waals surface area contributed by atoms with Gasteiger partial charge in [-0.15, -0.1) is 11.6 Å². The highest BCUT2D eigenvalue weighted by atomic mass is 35.5. The summed E-state index contributed by atoms with van der Waals surface area (Å²) in [5.74, 6) is 0.989. The van der Waals surface area contributed by atoms with Gasteiger partial charge in [0.05, 0.1) is 24.7 Å². The first kappa shape index (κ1) is 14.4. The molecule has 1 heterocycles. The van der Waals surface area contributed by atoms with Crippen LogP contribution in [0.15, 0.2) is 30.6 Å². The second kappa shape index (κ2) is 6.97. The number of rotatable bonds is 7. The molecule has 0 aliphatic heterocycles. The Morgan fingerprint density at radius 2 is 2.05 bits per heavy atom. The van der Waals surface area contributed by atoms with Crippen molar-refractivity contribution in [1.82, 2.24) is 14.8 Å². The number of alkyl halides is 1. The van der Waals surface area contributed by atoms with E-state index >= 15 is 0 Å². The number of hydrogen-bond acceptors (Lipinski definition) is 5. The predicted octanol–water partition coefficient (Wildman–Crippen LogP) is 2.11. The maximum atomic E-state index is 10.6. The zero-order valence-corrected chi connectivity index (χ0v) is 11.4. The number of aromatic nitrogens is 3. The molecule has 0 bridgehead atoms. The minimum absolute atomic E-state index is 0.0441. The molecule has 0 atom stereocenters. The van der Waals surface area contributed by atoms with Crippen LogP contribution in [-0.2, 0) is 11.3 Å². The first-order chi connectivity index (χ1) is 9.70. The third kappa shape index (κ3) is 3.75. The maximum Gasteiger partial charge on any atom is 0.269 e. The van der Waals surface area contributed by atoms with Crippen molar-refractivity contribution in [2.24, 2.45) is 0 Å². The Hall–Kier alpha value is -1.99. The van der Waals surface area contributed by atoms with Crippen molar-refractivity contribution in [1.29, 1.82) is 0 Å². The summed E-state index contributed by atoms with van der Waals surface area (Å²) < 4.78 is 6.91. The average molecular weight is 297 g/mol. The number of non-ortho nitro benzene ring substituents is 1. The Bertz CT molecular complexity index is 570. The Morgan fingerprint density at radius 1 is 1.30 bits per heavy atom. The molecule has 0 radical (unpaired) electrons. The average Bonchev–Trinajstić information content (AvgIpc) is 2.92. The van der Waals surface area contributed by atoms with E-state index < -0.39 is 4.92 Å². The number of nitro groups is 1. The van der Waals surface area contributed by atoms with Gasteiger partial charge in [0.25, 0.3) is 5.69 Å². The Balaban J connectivity index is 1.99. The van der Waals surface area contributed by atoms with Crippen molar-refractivity contribution in [3.63, 3.8) is 0 Å². The molecule has 2 rings (SSSR count). The van der Waals surface area contributed by atoms with Gasteiger partial charge in [0.1, 0.15) is 6.33 Å². The topological polar surface area (TPSA) is 83.1 Å². The first-order valence-corrected chi connectivity index (χ1v) is 6.52. The third-order valence-electron chi connectivity index (χ3n) is 2.56. The van der Waals surface area contributed by atoms with Gasteiger partial charge in [0.15, 0.2) is 5.82 Å². The van der Waals surface area contributed by atoms with E-state index in [9.17, 15) is 10.1 Å². The molecule has 7 nitrogen and oxygen atoms in total. The molecule has 0 saturated heterocycles. The van der Waals surface area contributed by atoms with Crippen molar-refractivity contribution in [3.8, 4) is 11.4 Å². The van der Waals surface area contributed by atoms with Gasteiger partial charge < -0.3 is 4.74 Å². The highest BCUT2D eigenvalue weighted by molar-refractivity contribution is 6.17. The maximum absolute atomic E-state index is 10.6. The van der Waals surface area contributed by atoms with Crippen molar-refractivity contribution in [2.75, 3.05) is 19.1 Å². The first-order valence-electron chi connectivity index (χ1n) is 5.98. The van der Waals surface area contributed by atoms with E-state index in [2.05, 4.69) is 10.1 Å². The molecule has 1 aromatic carbocycles. The van der Waals surface area contributed by atoms with Gasteiger partial charge in [-0.2, -0.15) is 5.10 Å². The monoisotopic (exact) mass is 296 g/mol. The minimum Gasteiger partial charge on any atom is -0.378 e. The highest BCUT2D eigenvalue weighted by Crippen LogP contribution is 2.18. The zero-order valence-electron chi connectivity index (χ0n) is 10.6. The van der Waals surface area contributed by atoms with Crippen LogP contribution >= 0.6 is 11.6 Å². The van der Waals surface area contributed by atoms with Crippen molar-refractivity contribution >= 4 is 17.3 Å². The molecule has 0 spiro atoms. The predicted molar refractivity (Wildman–Crippen MR) is 73.7 cm³/mol. The van der Waals surface area contributed by atoms with Gasteiger partial charge in [-0.25, -0.2) is 4.98 Å². The molecule has 20 heavy (non-hydrogen) atoms. The van der Waals surface area contributed by atoms with E-state index in [0.717, 1.165) is 5.56 Å². The summed E-state index contributed by atoms with van der Waals surface area (Å²) >= 11 is 5.49. The molecule has 0 unspecified atom stereocenters. The lowest BCUT2D eigenvalue weighted by molar-refractivity contribution is -0.384. The molecule has 0 saturated carbocycles. The summed E-state index contributed by atoms with van der Waals surface area (Å²) in [6, 6.07) is 6.11. The number of nitrogens with zero attached hydrogens (tertiary/aromatic N) is 4. The molecule has 0 N–H and O–H groups in total. The van der Waals surface area contributed by atoms with Crippen molar-refractivity contribution < 1.29 is 9.66 Å². The minimum atomic E-state index is -0.440. The lowest BCUT2D eigenvalue weighted by Gasteiger charge is -2.01. The number of ether oxygens (including phenoxy) is 1. The third-order valence-corrected chi connectivity index (χ3v) is 2.71. The van der Waals surface area contributed by atoms with Crippen LogP contribution in [0.4, 0.5) is 5.69 Å². The van der Waals surface area contributed by atoms with E-state index in [1.54, 1.807) is 23.1 Å². The molecule has 0 aliphatic rings. The van der Waals surface area contributed by atoms with Crippen LogP contribution in [0, 0.1) is 10.1 Å². The smallest absolute Gasteiger partial charge is 0.269 e. The van der Waals surface area contributed by atoms with Crippen LogP contribution in [0.5, 0.6) is 0 Å². The highest BCUT2D eigenvalue weighted by Gasteiger charge is 2.08. The molecule has 1 aromatic heterocycles. The normalized spacial score (nSPS) is 10.7. The standard InChI is InChI=1S/C12H13ClN4O3/c13-5-7-20-8-6-16-9-14-12(15-16)10-1-3-11(4-2-10)17(18)19/h1-4,9H,5-8H2. The summed E-state index contributed by atoms with van der Waals surface area (Å²) in [6.07, 6.45) is 1.60. The number of halogens is 1. The van der Waals surface area contributed by atoms with E-state index in [1.165, 1.54) is 12.1 Å². The second-order valence-corrected chi connectivity index (χ2v) is 4.31. The fourth-order valence-electron chi connectivity index (χ4n) is 1.58. The summed E-state index contributed by atoms with van der Waals surface area (Å²) in [5, 5.41) is 14.8. The summed E-state index contributed by atoms with van der Waals surface area (Å²) in [4.78, 5) is 14.3. The van der Waals surface area contributed by atoms with Crippen LogP contribution in [-0.4, -0.2) is 38.8 Å². The van der Waals surface area contributed by atoms with E-state index in [1.807, 2.05) is 0 Å². The van der Waals surface area contributed by atoms with Crippen LogP contribution in [0.25, 0.3) is 11.4 Å². The van der Waals surface area contributed by atoms with Gasteiger partial charge in [0, 0.05) is 23.6 Å². The fraction of sp³-hybridized carbons (Fsp3) is 0.333. The molecule has 106 valence electrons. The van der Waals surface area contributed by atoms with E-state index in [0.29, 0.717) is 31.5 Å². The van der Waals surface area contributed by atoms with Crippen molar-refractivity contribution in [3.05, 3.63) is 40.7 Å². The molecule has 0 aliphatic carbocycles. The van der Waals surface area contributed by atoms with Crippen LogP contribution in [0.1, 0.15) is 0 Å². The molecular formula is C12H13ClN4O3. The van der Waals surface area contributed by atoms with Crippen molar-refractivity contribution in [2.45, 2.75) is 6.54 Å². The molecule has 0 amide bonds.